The Balaban J connectivity index is 2.43. The van der Waals surface area contributed by atoms with E-state index in [1.165, 1.54) is 4.90 Å². The summed E-state index contributed by atoms with van der Waals surface area (Å²) in [5.74, 6) is 0.0749. The molecule has 0 aliphatic rings. The Kier molecular flexibility index (Phi) is 6.09. The summed E-state index contributed by atoms with van der Waals surface area (Å²) in [4.78, 5) is 24.3. The lowest BCUT2D eigenvalue weighted by atomic mass is 10.0. The van der Waals surface area contributed by atoms with Crippen LogP contribution in [0.3, 0.4) is 0 Å². The van der Waals surface area contributed by atoms with Gasteiger partial charge in [-0.3, -0.25) is 4.79 Å². The normalized spacial score (nSPS) is 11.9. The molecule has 0 radical (unpaired) electrons. The Morgan fingerprint density at radius 2 is 2.15 bits per heavy atom. The van der Waals surface area contributed by atoms with Gasteiger partial charge in [-0.15, -0.1) is 0 Å². The molecule has 1 rings (SSSR count). The summed E-state index contributed by atoms with van der Waals surface area (Å²) in [5.41, 5.74) is 0. The van der Waals surface area contributed by atoms with E-state index in [1.807, 2.05) is 26.0 Å². The van der Waals surface area contributed by atoms with Crippen LogP contribution in [0.2, 0.25) is 0 Å². The summed E-state index contributed by atoms with van der Waals surface area (Å²) in [5, 5.41) is 11.7. The fourth-order valence-corrected chi connectivity index (χ4v) is 1.88. The van der Waals surface area contributed by atoms with Gasteiger partial charge in [0.05, 0.1) is 12.5 Å². The molecule has 20 heavy (non-hydrogen) atoms. The molecule has 1 unspecified atom stereocenters. The third kappa shape index (κ3) is 4.95. The second kappa shape index (κ2) is 7.57. The first-order valence-corrected chi connectivity index (χ1v) is 6.71. The van der Waals surface area contributed by atoms with Crippen LogP contribution in [0.4, 0.5) is 4.79 Å². The van der Waals surface area contributed by atoms with Gasteiger partial charge in [0.2, 0.25) is 0 Å². The number of aryl methyl sites for hydroxylation is 1. The number of aliphatic carboxylic acids is 1. The van der Waals surface area contributed by atoms with Gasteiger partial charge >= 0.3 is 12.0 Å². The van der Waals surface area contributed by atoms with Crippen LogP contribution in [0, 0.1) is 12.8 Å². The Morgan fingerprint density at radius 1 is 1.45 bits per heavy atom. The highest BCUT2D eigenvalue weighted by molar-refractivity contribution is 5.75. The molecule has 0 spiro atoms. The number of nitrogens with zero attached hydrogens (tertiary/aromatic N) is 1. The lowest BCUT2D eigenvalue weighted by molar-refractivity contribution is -0.141. The maximum Gasteiger partial charge on any atom is 0.317 e. The second-order valence-corrected chi connectivity index (χ2v) is 4.88. The minimum absolute atomic E-state index is 0.142. The molecule has 1 aromatic rings. The van der Waals surface area contributed by atoms with Crippen LogP contribution in [0.1, 0.15) is 31.3 Å². The zero-order valence-electron chi connectivity index (χ0n) is 12.2. The first-order chi connectivity index (χ1) is 9.43. The number of nitrogens with one attached hydrogen (secondary N) is 1. The first kappa shape index (κ1) is 16.1. The Morgan fingerprint density at radius 3 is 2.65 bits per heavy atom. The number of furan rings is 1. The van der Waals surface area contributed by atoms with E-state index in [0.717, 1.165) is 12.2 Å². The largest absolute Gasteiger partial charge is 0.481 e. The van der Waals surface area contributed by atoms with Crippen molar-refractivity contribution in [1.82, 2.24) is 10.2 Å². The number of urea groups is 1. The number of hydrogen-bond donors (Lipinski definition) is 2. The van der Waals surface area contributed by atoms with E-state index in [2.05, 4.69) is 5.32 Å². The maximum atomic E-state index is 11.9. The molecule has 0 aliphatic heterocycles. The summed E-state index contributed by atoms with van der Waals surface area (Å²) >= 11 is 0. The van der Waals surface area contributed by atoms with Gasteiger partial charge in [0.15, 0.2) is 0 Å². The quantitative estimate of drug-likeness (QED) is 0.803. The summed E-state index contributed by atoms with van der Waals surface area (Å²) < 4.78 is 5.39. The number of carboxylic acid groups (broad SMARTS) is 1. The molecule has 0 aliphatic carbocycles. The third-order valence-electron chi connectivity index (χ3n) is 3.02. The summed E-state index contributed by atoms with van der Waals surface area (Å²) in [6.45, 7) is 4.25. The van der Waals surface area contributed by atoms with Crippen LogP contribution < -0.4 is 5.32 Å². The SMILES string of the molecule is CCCC(CNC(=O)N(C)Cc1ccc(C)o1)C(=O)O. The number of carbonyl (C=O) groups is 2. The van der Waals surface area contributed by atoms with Crippen molar-refractivity contribution in [1.29, 1.82) is 0 Å². The molecule has 2 N–H and O–H groups in total. The van der Waals surface area contributed by atoms with Gasteiger partial charge in [-0.05, 0) is 25.5 Å². The third-order valence-corrected chi connectivity index (χ3v) is 3.02. The standard InChI is InChI=1S/C14H22N2O4/c1-4-5-11(13(17)18)8-15-14(19)16(3)9-12-7-6-10(2)20-12/h6-7,11H,4-5,8-9H2,1-3H3,(H,15,19)(H,17,18). The van der Waals surface area contributed by atoms with Crippen molar-refractivity contribution in [2.45, 2.75) is 33.2 Å². The number of carbonyl (C=O) groups excluding carboxylic acids is 1. The van der Waals surface area contributed by atoms with Crippen molar-refractivity contribution < 1.29 is 19.1 Å². The molecule has 0 saturated heterocycles. The van der Waals surface area contributed by atoms with E-state index >= 15 is 0 Å². The average molecular weight is 282 g/mol. The predicted molar refractivity (Wildman–Crippen MR) is 74.3 cm³/mol. The van der Waals surface area contributed by atoms with E-state index in [4.69, 9.17) is 9.52 Å². The Labute approximate surface area is 118 Å². The fourth-order valence-electron chi connectivity index (χ4n) is 1.88. The monoisotopic (exact) mass is 282 g/mol. The molecule has 0 saturated carbocycles. The Hall–Kier alpha value is -1.98. The number of rotatable bonds is 7. The van der Waals surface area contributed by atoms with Gasteiger partial charge in [0, 0.05) is 13.6 Å². The van der Waals surface area contributed by atoms with E-state index in [-0.39, 0.29) is 12.6 Å². The van der Waals surface area contributed by atoms with Gasteiger partial charge in [-0.25, -0.2) is 4.79 Å². The van der Waals surface area contributed by atoms with Gasteiger partial charge in [0.25, 0.3) is 0 Å². The highest BCUT2D eigenvalue weighted by Crippen LogP contribution is 2.09. The molecule has 2 amide bonds. The van der Waals surface area contributed by atoms with Crippen molar-refractivity contribution in [3.05, 3.63) is 23.7 Å². The first-order valence-electron chi connectivity index (χ1n) is 6.71. The predicted octanol–water partition coefficient (Wildman–Crippen LogP) is 2.23. The molecule has 1 atom stereocenters. The molecular formula is C14H22N2O4. The second-order valence-electron chi connectivity index (χ2n) is 4.88. The smallest absolute Gasteiger partial charge is 0.317 e. The van der Waals surface area contributed by atoms with E-state index in [9.17, 15) is 9.59 Å². The molecule has 112 valence electrons. The Bertz CT molecular complexity index is 456. The fraction of sp³-hybridized carbons (Fsp3) is 0.571. The van der Waals surface area contributed by atoms with Crippen LogP contribution in [-0.2, 0) is 11.3 Å². The lowest BCUT2D eigenvalue weighted by Crippen LogP contribution is -2.40. The minimum atomic E-state index is -0.878. The van der Waals surface area contributed by atoms with Crippen LogP contribution in [0.25, 0.3) is 0 Å². The lowest BCUT2D eigenvalue weighted by Gasteiger charge is -2.18. The van der Waals surface area contributed by atoms with Crippen LogP contribution in [-0.4, -0.2) is 35.6 Å². The van der Waals surface area contributed by atoms with Crippen LogP contribution in [0.15, 0.2) is 16.5 Å². The summed E-state index contributed by atoms with van der Waals surface area (Å²) in [7, 11) is 1.64. The zero-order valence-corrected chi connectivity index (χ0v) is 12.2. The molecular weight excluding hydrogens is 260 g/mol. The molecule has 1 aromatic heterocycles. The number of amides is 2. The van der Waals surface area contributed by atoms with Crippen molar-refractivity contribution >= 4 is 12.0 Å². The van der Waals surface area contributed by atoms with Crippen molar-refractivity contribution in [2.75, 3.05) is 13.6 Å². The van der Waals surface area contributed by atoms with E-state index in [1.54, 1.807) is 7.05 Å². The molecule has 0 fully saturated rings. The summed E-state index contributed by atoms with van der Waals surface area (Å²) in [6, 6.07) is 3.35. The molecule has 6 heteroatoms. The highest BCUT2D eigenvalue weighted by Gasteiger charge is 2.18. The molecule has 0 aromatic carbocycles. The highest BCUT2D eigenvalue weighted by atomic mass is 16.4. The minimum Gasteiger partial charge on any atom is -0.481 e. The van der Waals surface area contributed by atoms with Crippen molar-refractivity contribution in [2.24, 2.45) is 5.92 Å². The zero-order chi connectivity index (χ0) is 15.1. The van der Waals surface area contributed by atoms with Crippen LogP contribution >= 0.6 is 0 Å². The summed E-state index contributed by atoms with van der Waals surface area (Å²) in [6.07, 6.45) is 1.32. The van der Waals surface area contributed by atoms with Crippen molar-refractivity contribution in [3.63, 3.8) is 0 Å². The topological polar surface area (TPSA) is 82.8 Å². The average Bonchev–Trinajstić information content (AvgIpc) is 2.79. The van der Waals surface area contributed by atoms with Gasteiger partial charge in [-0.1, -0.05) is 13.3 Å². The van der Waals surface area contributed by atoms with Crippen molar-refractivity contribution in [3.8, 4) is 0 Å². The number of hydrogen-bond acceptors (Lipinski definition) is 3. The van der Waals surface area contributed by atoms with Gasteiger partial charge < -0.3 is 19.7 Å². The maximum absolute atomic E-state index is 11.9. The molecule has 1 heterocycles. The molecule has 0 bridgehead atoms. The van der Waals surface area contributed by atoms with Crippen LogP contribution in [0.5, 0.6) is 0 Å². The van der Waals surface area contributed by atoms with E-state index < -0.39 is 11.9 Å². The van der Waals surface area contributed by atoms with E-state index in [0.29, 0.717) is 18.7 Å². The van der Waals surface area contributed by atoms with Gasteiger partial charge in [0.1, 0.15) is 11.5 Å². The molecule has 6 nitrogen and oxygen atoms in total. The number of carboxylic acids is 1. The van der Waals surface area contributed by atoms with Gasteiger partial charge in [-0.2, -0.15) is 0 Å².